The van der Waals surface area contributed by atoms with Gasteiger partial charge in [-0.05, 0) is 76.6 Å². The summed E-state index contributed by atoms with van der Waals surface area (Å²) in [6, 6.07) is 8.82. The van der Waals surface area contributed by atoms with Crippen LogP contribution in [-0.2, 0) is 16.2 Å². The van der Waals surface area contributed by atoms with Crippen molar-refractivity contribution in [1.29, 1.82) is 0 Å². The van der Waals surface area contributed by atoms with Crippen LogP contribution in [0, 0.1) is 0 Å². The van der Waals surface area contributed by atoms with Crippen molar-refractivity contribution in [2.45, 2.75) is 63.2 Å². The monoisotopic (exact) mass is 410 g/mol. The van der Waals surface area contributed by atoms with E-state index in [0.717, 1.165) is 42.3 Å². The lowest BCUT2D eigenvalue weighted by atomic mass is 9.71. The lowest BCUT2D eigenvalue weighted by molar-refractivity contribution is 0.328. The highest BCUT2D eigenvalue weighted by molar-refractivity contribution is 5.66. The fraction of sp³-hybridized carbons (Fsp3) is 0.538. The molecule has 2 aromatic carbocycles. The highest BCUT2D eigenvalue weighted by Crippen LogP contribution is 2.65. The highest BCUT2D eigenvalue weighted by atomic mass is 16.5. The Bertz CT molecular complexity index is 993. The van der Waals surface area contributed by atoms with Crippen molar-refractivity contribution in [1.82, 2.24) is 0 Å². The van der Waals surface area contributed by atoms with Gasteiger partial charge in [-0.3, -0.25) is 0 Å². The summed E-state index contributed by atoms with van der Waals surface area (Å²) < 4.78 is 22.7. The average Bonchev–Trinajstić information content (AvgIpc) is 3.12. The van der Waals surface area contributed by atoms with Crippen LogP contribution >= 0.6 is 0 Å². The summed E-state index contributed by atoms with van der Waals surface area (Å²) in [6.07, 6.45) is 3.18. The maximum absolute atomic E-state index is 5.72. The summed E-state index contributed by atoms with van der Waals surface area (Å²) in [5.74, 6) is 3.19. The Kier molecular flexibility index (Phi) is 4.76. The Balaban J connectivity index is 2.05. The number of methoxy groups -OCH3 is 4. The van der Waals surface area contributed by atoms with Crippen molar-refractivity contribution in [3.05, 3.63) is 46.5 Å². The van der Waals surface area contributed by atoms with Gasteiger partial charge in [0.15, 0.2) is 23.0 Å². The highest BCUT2D eigenvalue weighted by Gasteiger charge is 2.57. The molecule has 2 aromatic rings. The van der Waals surface area contributed by atoms with Gasteiger partial charge in [-0.15, -0.1) is 0 Å². The topological polar surface area (TPSA) is 36.9 Å². The van der Waals surface area contributed by atoms with E-state index in [1.807, 2.05) is 0 Å². The molecule has 30 heavy (non-hydrogen) atoms. The predicted molar refractivity (Wildman–Crippen MR) is 120 cm³/mol. The Labute approximate surface area is 180 Å². The van der Waals surface area contributed by atoms with Crippen molar-refractivity contribution in [2.75, 3.05) is 28.4 Å². The van der Waals surface area contributed by atoms with E-state index in [1.165, 1.54) is 22.3 Å². The number of hydrogen-bond acceptors (Lipinski definition) is 4. The number of hydrogen-bond donors (Lipinski definition) is 0. The van der Waals surface area contributed by atoms with Gasteiger partial charge in [0.25, 0.3) is 0 Å². The third kappa shape index (κ3) is 2.65. The zero-order chi connectivity index (χ0) is 21.9. The van der Waals surface area contributed by atoms with Gasteiger partial charge in [-0.25, -0.2) is 0 Å². The van der Waals surface area contributed by atoms with Crippen LogP contribution in [0.15, 0.2) is 24.3 Å². The minimum atomic E-state index is -0.0853. The molecule has 0 amide bonds. The summed E-state index contributed by atoms with van der Waals surface area (Å²) >= 11 is 0. The van der Waals surface area contributed by atoms with Gasteiger partial charge < -0.3 is 18.9 Å². The van der Waals surface area contributed by atoms with Crippen LogP contribution in [0.5, 0.6) is 23.0 Å². The largest absolute Gasteiger partial charge is 0.493 e. The molecule has 0 radical (unpaired) electrons. The minimum Gasteiger partial charge on any atom is -0.493 e. The van der Waals surface area contributed by atoms with Crippen molar-refractivity contribution >= 4 is 0 Å². The van der Waals surface area contributed by atoms with Crippen LogP contribution in [0.4, 0.5) is 0 Å². The second-order valence-electron chi connectivity index (χ2n) is 9.74. The Morgan fingerprint density at radius 3 is 1.47 bits per heavy atom. The van der Waals surface area contributed by atoms with E-state index < -0.39 is 0 Å². The summed E-state index contributed by atoms with van der Waals surface area (Å²) in [4.78, 5) is 0. The molecule has 0 saturated carbocycles. The molecule has 2 aliphatic carbocycles. The summed E-state index contributed by atoms with van der Waals surface area (Å²) in [7, 11) is 6.84. The third-order valence-electron chi connectivity index (χ3n) is 7.67. The molecule has 2 atom stereocenters. The van der Waals surface area contributed by atoms with Gasteiger partial charge in [0.2, 0.25) is 0 Å². The van der Waals surface area contributed by atoms with Crippen LogP contribution in [0.1, 0.15) is 69.2 Å². The van der Waals surface area contributed by atoms with Crippen LogP contribution in [0.2, 0.25) is 0 Å². The van der Waals surface area contributed by atoms with Crippen LogP contribution < -0.4 is 18.9 Å². The fourth-order valence-corrected chi connectivity index (χ4v) is 6.12. The maximum Gasteiger partial charge on any atom is 0.161 e. The summed E-state index contributed by atoms with van der Waals surface area (Å²) in [5, 5.41) is 0. The van der Waals surface area contributed by atoms with Crippen molar-refractivity contribution in [3.8, 4) is 23.0 Å². The number of ether oxygens (including phenoxy) is 4. The molecule has 0 bridgehead atoms. The third-order valence-corrected chi connectivity index (χ3v) is 7.67. The van der Waals surface area contributed by atoms with E-state index in [2.05, 4.69) is 52.0 Å². The molecule has 0 N–H and O–H groups in total. The minimum absolute atomic E-state index is 0.0261. The molecule has 0 aromatic heterocycles. The predicted octanol–water partition coefficient (Wildman–Crippen LogP) is 5.76. The summed E-state index contributed by atoms with van der Waals surface area (Å²) in [6.45, 7) is 9.36. The van der Waals surface area contributed by atoms with Crippen LogP contribution in [0.3, 0.4) is 0 Å². The van der Waals surface area contributed by atoms with E-state index in [0.29, 0.717) is 0 Å². The number of benzene rings is 2. The SMILES string of the molecule is CCC1(C)CC2(CC(C)(C)c3cc(OC)c(OC)cc32)c2cc(OC)c(OC)cc21. The van der Waals surface area contributed by atoms with Gasteiger partial charge in [-0.2, -0.15) is 0 Å². The fourth-order valence-electron chi connectivity index (χ4n) is 6.12. The standard InChI is InChI=1S/C26H34O4/c1-9-25(4)15-26(19-13-23(30-8)21(28-6)11-17(19)25)14-24(2,3)16-10-20(27-5)22(29-7)12-18(16)26/h10-13H,9,14-15H2,1-8H3. The molecule has 4 heteroatoms. The molecule has 162 valence electrons. The molecule has 0 aliphatic heterocycles. The van der Waals surface area contributed by atoms with E-state index in [9.17, 15) is 0 Å². The quantitative estimate of drug-likeness (QED) is 0.628. The van der Waals surface area contributed by atoms with E-state index in [-0.39, 0.29) is 16.2 Å². The molecular formula is C26H34O4. The van der Waals surface area contributed by atoms with Gasteiger partial charge in [0.05, 0.1) is 28.4 Å². The molecule has 4 rings (SSSR count). The molecule has 0 saturated heterocycles. The van der Waals surface area contributed by atoms with E-state index >= 15 is 0 Å². The van der Waals surface area contributed by atoms with Crippen molar-refractivity contribution in [3.63, 3.8) is 0 Å². The molecule has 0 heterocycles. The van der Waals surface area contributed by atoms with Crippen LogP contribution in [-0.4, -0.2) is 28.4 Å². The lowest BCUT2D eigenvalue weighted by Gasteiger charge is -2.31. The van der Waals surface area contributed by atoms with Gasteiger partial charge in [-0.1, -0.05) is 27.7 Å². The van der Waals surface area contributed by atoms with Crippen molar-refractivity contribution in [2.24, 2.45) is 0 Å². The smallest absolute Gasteiger partial charge is 0.161 e. The second-order valence-corrected chi connectivity index (χ2v) is 9.74. The van der Waals surface area contributed by atoms with Crippen molar-refractivity contribution < 1.29 is 18.9 Å². The molecular weight excluding hydrogens is 376 g/mol. The molecule has 0 fully saturated rings. The maximum atomic E-state index is 5.72. The molecule has 4 nitrogen and oxygen atoms in total. The zero-order valence-electron chi connectivity index (χ0n) is 19.6. The first-order valence-corrected chi connectivity index (χ1v) is 10.7. The van der Waals surface area contributed by atoms with E-state index in [1.54, 1.807) is 28.4 Å². The van der Waals surface area contributed by atoms with Gasteiger partial charge >= 0.3 is 0 Å². The first-order valence-electron chi connectivity index (χ1n) is 10.7. The Hall–Kier alpha value is -2.36. The van der Waals surface area contributed by atoms with E-state index in [4.69, 9.17) is 18.9 Å². The first kappa shape index (κ1) is 20.9. The number of fused-ring (bicyclic) bond motifs is 4. The molecule has 1 spiro atoms. The average molecular weight is 411 g/mol. The van der Waals surface area contributed by atoms with Gasteiger partial charge in [0, 0.05) is 5.41 Å². The lowest BCUT2D eigenvalue weighted by Crippen LogP contribution is -2.27. The number of rotatable bonds is 5. The van der Waals surface area contributed by atoms with Crippen LogP contribution in [0.25, 0.3) is 0 Å². The Morgan fingerprint density at radius 2 is 1.03 bits per heavy atom. The van der Waals surface area contributed by atoms with Gasteiger partial charge in [0.1, 0.15) is 0 Å². The Morgan fingerprint density at radius 1 is 0.633 bits per heavy atom. The first-order chi connectivity index (χ1) is 14.2. The molecule has 2 unspecified atom stereocenters. The second kappa shape index (κ2) is 6.83. The summed E-state index contributed by atoms with van der Waals surface area (Å²) in [5.41, 5.74) is 5.46. The molecule has 2 aliphatic rings. The zero-order valence-corrected chi connectivity index (χ0v) is 19.6. The normalized spacial score (nSPS) is 25.7.